The summed E-state index contributed by atoms with van der Waals surface area (Å²) in [5.41, 5.74) is 1.23. The highest BCUT2D eigenvalue weighted by Crippen LogP contribution is 2.30. The number of carbonyl (C=O) groups is 2. The van der Waals surface area contributed by atoms with Gasteiger partial charge in [0.1, 0.15) is 10.0 Å². The van der Waals surface area contributed by atoms with Crippen molar-refractivity contribution in [3.8, 4) is 10.7 Å². The Labute approximate surface area is 160 Å². The molecule has 0 bridgehead atoms. The van der Waals surface area contributed by atoms with Crippen LogP contribution in [0, 0.1) is 5.92 Å². The van der Waals surface area contributed by atoms with Gasteiger partial charge in [-0.25, -0.2) is 19.7 Å². The van der Waals surface area contributed by atoms with Crippen molar-refractivity contribution in [2.24, 2.45) is 13.0 Å². The van der Waals surface area contributed by atoms with Crippen molar-refractivity contribution in [3.05, 3.63) is 54.5 Å². The number of hydrogen-bond donors (Lipinski definition) is 2. The largest absolute Gasteiger partial charge is 0.312 e. The maximum Gasteiger partial charge on any atom is 0.310 e. The summed E-state index contributed by atoms with van der Waals surface area (Å²) in [4.78, 5) is 33.2. The Morgan fingerprint density at radius 2 is 2.04 bits per heavy atom. The van der Waals surface area contributed by atoms with E-state index in [1.165, 1.54) is 11.3 Å². The van der Waals surface area contributed by atoms with Gasteiger partial charge in [0, 0.05) is 12.3 Å². The second-order valence-electron chi connectivity index (χ2n) is 6.37. The number of nitrogens with zero attached hydrogens (tertiary/aromatic N) is 3. The van der Waals surface area contributed by atoms with Gasteiger partial charge >= 0.3 is 5.91 Å². The number of nitrogens with one attached hydrogen (secondary N) is 2. The van der Waals surface area contributed by atoms with Crippen molar-refractivity contribution in [1.82, 2.24) is 9.97 Å². The predicted molar refractivity (Wildman–Crippen MR) is 102 cm³/mol. The maximum atomic E-state index is 12.6. The van der Waals surface area contributed by atoms with E-state index < -0.39 is 0 Å². The van der Waals surface area contributed by atoms with Crippen LogP contribution >= 0.6 is 11.3 Å². The van der Waals surface area contributed by atoms with E-state index in [0.717, 1.165) is 23.5 Å². The number of rotatable bonds is 5. The van der Waals surface area contributed by atoms with Gasteiger partial charge in [0.25, 0.3) is 11.7 Å². The van der Waals surface area contributed by atoms with Crippen LogP contribution in [0.5, 0.6) is 0 Å². The summed E-state index contributed by atoms with van der Waals surface area (Å²) in [5.74, 6) is 0.446. The third kappa shape index (κ3) is 4.01. The summed E-state index contributed by atoms with van der Waals surface area (Å²) in [7, 11) is 1.83. The minimum Gasteiger partial charge on any atom is -0.312 e. The normalized spacial score (nSPS) is 13.2. The lowest BCUT2D eigenvalue weighted by Crippen LogP contribution is -2.35. The maximum absolute atomic E-state index is 12.6. The minimum absolute atomic E-state index is 0.00520. The zero-order chi connectivity index (χ0) is 18.8. The second kappa shape index (κ2) is 7.24. The molecule has 1 saturated carbocycles. The number of aromatic nitrogens is 3. The van der Waals surface area contributed by atoms with E-state index >= 15 is 0 Å². The van der Waals surface area contributed by atoms with Gasteiger partial charge in [-0.05, 0) is 31.0 Å². The highest BCUT2D eigenvalue weighted by atomic mass is 32.1. The molecule has 3 heterocycles. The van der Waals surface area contributed by atoms with Gasteiger partial charge in [-0.3, -0.25) is 9.78 Å². The molecule has 4 rings (SSSR count). The molecule has 1 fully saturated rings. The fraction of sp³-hybridized carbons (Fsp3) is 0.211. The first kappa shape index (κ1) is 17.3. The summed E-state index contributed by atoms with van der Waals surface area (Å²) in [5, 5.41) is 7.11. The monoisotopic (exact) mass is 380 g/mol. The topological polar surface area (TPSA) is 87.9 Å². The molecule has 0 atom stereocenters. The van der Waals surface area contributed by atoms with Crippen molar-refractivity contribution in [2.75, 3.05) is 10.6 Å². The number of amides is 2. The average Bonchev–Trinajstić information content (AvgIpc) is 3.44. The molecular weight excluding hydrogens is 362 g/mol. The molecule has 2 amide bonds. The van der Waals surface area contributed by atoms with Crippen molar-refractivity contribution >= 4 is 34.0 Å². The van der Waals surface area contributed by atoms with Crippen molar-refractivity contribution in [3.63, 3.8) is 0 Å². The molecule has 1 aliphatic rings. The number of thiazole rings is 1. The second-order valence-corrected chi connectivity index (χ2v) is 7.40. The molecule has 0 aromatic carbocycles. The van der Waals surface area contributed by atoms with Gasteiger partial charge in [-0.15, -0.1) is 0 Å². The lowest BCUT2D eigenvalue weighted by atomic mass is 10.2. The SMILES string of the molecule is C[n+]1ccc(C(=O)Nc2cnc(-c3ccccn3)s2)cc1NC(=O)C1CC1. The first-order chi connectivity index (χ1) is 13.1. The predicted octanol–water partition coefficient (Wildman–Crippen LogP) is 2.63. The van der Waals surface area contributed by atoms with Gasteiger partial charge in [0.05, 0.1) is 36.6 Å². The molecule has 0 aliphatic heterocycles. The molecule has 1 aliphatic carbocycles. The molecule has 27 heavy (non-hydrogen) atoms. The Morgan fingerprint density at radius 3 is 2.78 bits per heavy atom. The molecular formula is C19H18N5O2S+. The van der Waals surface area contributed by atoms with Gasteiger partial charge in [0.15, 0.2) is 0 Å². The van der Waals surface area contributed by atoms with Crippen LogP contribution in [0.4, 0.5) is 10.8 Å². The van der Waals surface area contributed by atoms with Crippen LogP contribution in [0.2, 0.25) is 0 Å². The van der Waals surface area contributed by atoms with E-state index in [-0.39, 0.29) is 17.7 Å². The summed E-state index contributed by atoms with van der Waals surface area (Å²) in [6, 6.07) is 8.99. The first-order valence-corrected chi connectivity index (χ1v) is 9.41. The van der Waals surface area contributed by atoms with Crippen LogP contribution in [-0.4, -0.2) is 21.8 Å². The number of pyridine rings is 2. The van der Waals surface area contributed by atoms with E-state index in [4.69, 9.17) is 0 Å². The zero-order valence-corrected chi connectivity index (χ0v) is 15.5. The third-order valence-corrected chi connectivity index (χ3v) is 5.17. The summed E-state index contributed by atoms with van der Waals surface area (Å²) in [6.07, 6.45) is 6.94. The fourth-order valence-corrected chi connectivity index (χ4v) is 3.32. The van der Waals surface area contributed by atoms with Crippen LogP contribution < -0.4 is 15.2 Å². The third-order valence-electron chi connectivity index (χ3n) is 4.24. The smallest absolute Gasteiger partial charge is 0.310 e. The van der Waals surface area contributed by atoms with Crippen LogP contribution in [0.15, 0.2) is 48.9 Å². The Bertz CT molecular complexity index is 998. The van der Waals surface area contributed by atoms with E-state index in [2.05, 4.69) is 20.6 Å². The van der Waals surface area contributed by atoms with Crippen LogP contribution in [0.3, 0.4) is 0 Å². The number of anilines is 2. The lowest BCUT2D eigenvalue weighted by molar-refractivity contribution is -0.657. The Kier molecular flexibility index (Phi) is 4.64. The van der Waals surface area contributed by atoms with E-state index in [9.17, 15) is 9.59 Å². The average molecular weight is 380 g/mol. The van der Waals surface area contributed by atoms with E-state index in [0.29, 0.717) is 16.4 Å². The highest BCUT2D eigenvalue weighted by molar-refractivity contribution is 7.19. The molecule has 7 nitrogen and oxygen atoms in total. The molecule has 0 spiro atoms. The van der Waals surface area contributed by atoms with Crippen LogP contribution in [0.25, 0.3) is 10.7 Å². The molecule has 0 unspecified atom stereocenters. The Morgan fingerprint density at radius 1 is 1.19 bits per heavy atom. The highest BCUT2D eigenvalue weighted by Gasteiger charge is 2.33. The quantitative estimate of drug-likeness (QED) is 0.666. The lowest BCUT2D eigenvalue weighted by Gasteiger charge is -2.05. The van der Waals surface area contributed by atoms with Crippen molar-refractivity contribution in [1.29, 1.82) is 0 Å². The molecule has 0 radical (unpaired) electrons. The molecule has 3 aromatic heterocycles. The van der Waals surface area contributed by atoms with Crippen molar-refractivity contribution < 1.29 is 14.2 Å². The Hall–Kier alpha value is -3.13. The Balaban J connectivity index is 1.48. The molecule has 2 N–H and O–H groups in total. The zero-order valence-electron chi connectivity index (χ0n) is 14.7. The number of carbonyl (C=O) groups excluding carboxylic acids is 2. The van der Waals surface area contributed by atoms with Crippen LogP contribution in [-0.2, 0) is 11.8 Å². The molecule has 8 heteroatoms. The fourth-order valence-electron chi connectivity index (χ4n) is 2.53. The van der Waals surface area contributed by atoms with Crippen molar-refractivity contribution in [2.45, 2.75) is 12.8 Å². The summed E-state index contributed by atoms with van der Waals surface area (Å²) in [6.45, 7) is 0. The van der Waals surface area contributed by atoms with E-state index in [1.54, 1.807) is 35.3 Å². The molecule has 136 valence electrons. The van der Waals surface area contributed by atoms with Gasteiger partial charge in [0.2, 0.25) is 0 Å². The number of hydrogen-bond acceptors (Lipinski definition) is 5. The van der Waals surface area contributed by atoms with Gasteiger partial charge in [-0.1, -0.05) is 17.4 Å². The van der Waals surface area contributed by atoms with Gasteiger partial charge < -0.3 is 5.32 Å². The summed E-state index contributed by atoms with van der Waals surface area (Å²) < 4.78 is 1.78. The first-order valence-electron chi connectivity index (χ1n) is 8.59. The standard InChI is InChI=1S/C19H17N5O2S/c1-24-9-7-13(10-15(24)22-17(25)12-5-6-12)18(26)23-16-11-21-19(27-16)14-4-2-3-8-20-14/h2-4,7-12H,5-6H2,1H3,(H,20,23,26)/p+1. The van der Waals surface area contributed by atoms with Crippen LogP contribution in [0.1, 0.15) is 23.2 Å². The number of aryl methyl sites for hydroxylation is 1. The minimum atomic E-state index is -0.256. The van der Waals surface area contributed by atoms with E-state index in [1.807, 2.05) is 25.2 Å². The molecule has 0 saturated heterocycles. The molecule has 3 aromatic rings. The summed E-state index contributed by atoms with van der Waals surface area (Å²) >= 11 is 1.36. The van der Waals surface area contributed by atoms with Gasteiger partial charge in [-0.2, -0.15) is 0 Å².